The van der Waals surface area contributed by atoms with E-state index in [2.05, 4.69) is 10.2 Å². The Labute approximate surface area is 244 Å². The van der Waals surface area contributed by atoms with Gasteiger partial charge in [-0.3, -0.25) is 29.4 Å². The minimum atomic E-state index is -0.987. The number of carbonyl (C=O) groups excluding carboxylic acids is 5. The van der Waals surface area contributed by atoms with Crippen molar-refractivity contribution in [1.82, 2.24) is 10.2 Å². The number of para-hydroxylation sites is 1. The third kappa shape index (κ3) is 5.14. The van der Waals surface area contributed by atoms with Gasteiger partial charge in [-0.1, -0.05) is 12.1 Å². The molecular weight excluding hydrogens is 538 g/mol. The van der Waals surface area contributed by atoms with Crippen LogP contribution in [0.15, 0.2) is 42.5 Å². The number of carbonyl (C=O) groups is 5. The molecule has 3 fully saturated rings. The van der Waals surface area contributed by atoms with Crippen molar-refractivity contribution in [3.8, 4) is 5.75 Å². The SMILES string of the molecule is CC(C)(C)OC(=O)c1ccccc1N1CC2(CC(CCOc3ccc4c(c3)C(=O)N(C3CCC(=O)NC3=O)C4=O)C2)C1. The Morgan fingerprint density at radius 1 is 1.00 bits per heavy atom. The monoisotopic (exact) mass is 573 g/mol. The summed E-state index contributed by atoms with van der Waals surface area (Å²) in [5.41, 5.74) is 1.69. The standard InChI is InChI=1S/C32H35N3O7/c1-31(2,3)42-30(40)22-6-4-5-7-24(22)34-17-32(18-34)15-19(16-32)12-13-41-20-8-9-21-23(14-20)29(39)35(28(21)38)25-10-11-26(36)33-27(25)37/h4-9,14,19,25H,10-13,15-18H2,1-3H3,(H,33,36,37). The smallest absolute Gasteiger partial charge is 0.340 e. The number of fused-ring (bicyclic) bond motifs is 1. The fraction of sp³-hybridized carbons (Fsp3) is 0.469. The molecule has 0 radical (unpaired) electrons. The fourth-order valence-corrected chi connectivity index (χ4v) is 6.70. The lowest BCUT2D eigenvalue weighted by molar-refractivity contribution is -0.136. The third-order valence-electron chi connectivity index (χ3n) is 8.57. The molecule has 4 amide bonds. The maximum atomic E-state index is 13.0. The molecule has 3 heterocycles. The molecule has 6 rings (SSSR count). The van der Waals surface area contributed by atoms with Gasteiger partial charge in [0.05, 0.1) is 29.0 Å². The highest BCUT2D eigenvalue weighted by Gasteiger charge is 2.52. The number of rotatable bonds is 7. The first-order valence-corrected chi connectivity index (χ1v) is 14.5. The zero-order chi connectivity index (χ0) is 29.8. The van der Waals surface area contributed by atoms with Crippen molar-refractivity contribution in [2.75, 3.05) is 24.6 Å². The summed E-state index contributed by atoms with van der Waals surface area (Å²) in [4.78, 5) is 65.6. The summed E-state index contributed by atoms with van der Waals surface area (Å²) in [6.45, 7) is 7.92. The molecule has 1 N–H and O–H groups in total. The normalized spacial score (nSPS) is 21.5. The van der Waals surface area contributed by atoms with E-state index in [0.717, 1.165) is 42.9 Å². The molecule has 220 valence electrons. The predicted molar refractivity (Wildman–Crippen MR) is 152 cm³/mol. The number of hydrogen-bond donors (Lipinski definition) is 1. The Kier molecular flexibility index (Phi) is 6.82. The van der Waals surface area contributed by atoms with Gasteiger partial charge in [-0.2, -0.15) is 0 Å². The van der Waals surface area contributed by atoms with E-state index in [0.29, 0.717) is 23.8 Å². The topological polar surface area (TPSA) is 122 Å². The van der Waals surface area contributed by atoms with Gasteiger partial charge in [0.1, 0.15) is 17.4 Å². The highest BCUT2D eigenvalue weighted by atomic mass is 16.6. The molecule has 2 aromatic carbocycles. The van der Waals surface area contributed by atoms with Crippen LogP contribution in [0.3, 0.4) is 0 Å². The fourth-order valence-electron chi connectivity index (χ4n) is 6.70. The summed E-state index contributed by atoms with van der Waals surface area (Å²) in [7, 11) is 0. The molecule has 1 aliphatic carbocycles. The number of anilines is 1. The molecule has 1 spiro atoms. The number of amides is 4. The maximum absolute atomic E-state index is 13.0. The van der Waals surface area contributed by atoms with Crippen LogP contribution < -0.4 is 15.0 Å². The quantitative estimate of drug-likeness (QED) is 0.393. The second-order valence-electron chi connectivity index (χ2n) is 12.9. The van der Waals surface area contributed by atoms with Crippen molar-refractivity contribution in [2.45, 2.75) is 64.5 Å². The Morgan fingerprint density at radius 3 is 2.43 bits per heavy atom. The Morgan fingerprint density at radius 2 is 1.71 bits per heavy atom. The zero-order valence-electron chi connectivity index (χ0n) is 24.1. The summed E-state index contributed by atoms with van der Waals surface area (Å²) in [6, 6.07) is 11.4. The van der Waals surface area contributed by atoms with Crippen LogP contribution in [-0.2, 0) is 14.3 Å². The van der Waals surface area contributed by atoms with Crippen LogP contribution in [0.4, 0.5) is 5.69 Å². The number of ether oxygens (including phenoxy) is 2. The van der Waals surface area contributed by atoms with Crippen molar-refractivity contribution < 1.29 is 33.4 Å². The van der Waals surface area contributed by atoms with E-state index in [4.69, 9.17) is 9.47 Å². The van der Waals surface area contributed by atoms with Crippen LogP contribution in [-0.4, -0.2) is 65.8 Å². The first-order chi connectivity index (χ1) is 19.9. The Hall–Kier alpha value is -4.21. The molecule has 2 saturated heterocycles. The number of benzene rings is 2. The molecule has 1 saturated carbocycles. The number of esters is 1. The van der Waals surface area contributed by atoms with Crippen LogP contribution in [0.5, 0.6) is 5.75 Å². The molecule has 1 atom stereocenters. The van der Waals surface area contributed by atoms with Crippen LogP contribution in [0.25, 0.3) is 0 Å². The van der Waals surface area contributed by atoms with Crippen LogP contribution >= 0.6 is 0 Å². The summed E-state index contributed by atoms with van der Waals surface area (Å²) in [5, 5.41) is 2.20. The predicted octanol–water partition coefficient (Wildman–Crippen LogP) is 3.73. The summed E-state index contributed by atoms with van der Waals surface area (Å²) < 4.78 is 11.6. The molecule has 0 bridgehead atoms. The van der Waals surface area contributed by atoms with E-state index in [1.807, 2.05) is 45.0 Å². The second kappa shape index (κ2) is 10.3. The molecule has 10 heteroatoms. The van der Waals surface area contributed by atoms with Crippen molar-refractivity contribution >= 4 is 35.3 Å². The lowest BCUT2D eigenvalue weighted by atomic mass is 9.57. The van der Waals surface area contributed by atoms with Gasteiger partial charge in [-0.25, -0.2) is 4.79 Å². The average molecular weight is 574 g/mol. The van der Waals surface area contributed by atoms with Crippen molar-refractivity contribution in [2.24, 2.45) is 11.3 Å². The number of piperidine rings is 1. The Balaban J connectivity index is 0.989. The molecule has 0 aromatic heterocycles. The van der Waals surface area contributed by atoms with Gasteiger partial charge >= 0.3 is 5.97 Å². The van der Waals surface area contributed by atoms with Crippen molar-refractivity contribution in [3.05, 3.63) is 59.2 Å². The van der Waals surface area contributed by atoms with E-state index < -0.39 is 35.3 Å². The number of imide groups is 2. The first-order valence-electron chi connectivity index (χ1n) is 14.5. The largest absolute Gasteiger partial charge is 0.494 e. The minimum absolute atomic E-state index is 0.0814. The van der Waals surface area contributed by atoms with E-state index in [9.17, 15) is 24.0 Å². The van der Waals surface area contributed by atoms with Gasteiger partial charge in [-0.05, 0) is 82.7 Å². The molecule has 42 heavy (non-hydrogen) atoms. The van der Waals surface area contributed by atoms with Crippen LogP contribution in [0.1, 0.15) is 83.9 Å². The highest BCUT2D eigenvalue weighted by Crippen LogP contribution is 2.54. The number of hydrogen-bond acceptors (Lipinski definition) is 8. The van der Waals surface area contributed by atoms with Crippen LogP contribution in [0.2, 0.25) is 0 Å². The molecule has 4 aliphatic rings. The summed E-state index contributed by atoms with van der Waals surface area (Å²) >= 11 is 0. The lowest BCUT2D eigenvalue weighted by Crippen LogP contribution is -2.62. The van der Waals surface area contributed by atoms with Gasteiger partial charge in [0.25, 0.3) is 11.8 Å². The van der Waals surface area contributed by atoms with E-state index >= 15 is 0 Å². The number of nitrogens with zero attached hydrogens (tertiary/aromatic N) is 2. The Bertz CT molecular complexity index is 1480. The van der Waals surface area contributed by atoms with E-state index in [-0.39, 0.29) is 35.4 Å². The first kappa shape index (κ1) is 27.9. The van der Waals surface area contributed by atoms with Crippen LogP contribution in [0, 0.1) is 11.3 Å². The summed E-state index contributed by atoms with van der Waals surface area (Å²) in [5.74, 6) is -1.37. The van der Waals surface area contributed by atoms with Crippen molar-refractivity contribution in [3.63, 3.8) is 0 Å². The zero-order valence-corrected chi connectivity index (χ0v) is 24.1. The van der Waals surface area contributed by atoms with Gasteiger partial charge < -0.3 is 14.4 Å². The van der Waals surface area contributed by atoms with E-state index in [1.165, 1.54) is 0 Å². The molecule has 3 aliphatic heterocycles. The van der Waals surface area contributed by atoms with Gasteiger partial charge in [0, 0.05) is 24.9 Å². The van der Waals surface area contributed by atoms with Gasteiger partial charge in [0.2, 0.25) is 11.8 Å². The summed E-state index contributed by atoms with van der Waals surface area (Å²) in [6.07, 6.45) is 3.27. The average Bonchev–Trinajstić information content (AvgIpc) is 3.12. The van der Waals surface area contributed by atoms with Crippen molar-refractivity contribution in [1.29, 1.82) is 0 Å². The van der Waals surface area contributed by atoms with E-state index in [1.54, 1.807) is 18.2 Å². The third-order valence-corrected chi connectivity index (χ3v) is 8.57. The molecular formula is C32H35N3O7. The molecule has 1 unspecified atom stereocenters. The number of nitrogens with one attached hydrogen (secondary N) is 1. The minimum Gasteiger partial charge on any atom is -0.494 e. The van der Waals surface area contributed by atoms with Gasteiger partial charge in [0.15, 0.2) is 0 Å². The maximum Gasteiger partial charge on any atom is 0.340 e. The molecule has 10 nitrogen and oxygen atoms in total. The highest BCUT2D eigenvalue weighted by molar-refractivity contribution is 6.23. The lowest BCUT2D eigenvalue weighted by Gasteiger charge is -2.60. The second-order valence-corrected chi connectivity index (χ2v) is 12.9. The molecule has 2 aromatic rings. The van der Waals surface area contributed by atoms with Gasteiger partial charge in [-0.15, -0.1) is 0 Å².